The van der Waals surface area contributed by atoms with E-state index in [1.54, 1.807) is 0 Å². The summed E-state index contributed by atoms with van der Waals surface area (Å²) in [7, 11) is -4.04. The summed E-state index contributed by atoms with van der Waals surface area (Å²) in [6.07, 6.45) is 1.46. The summed E-state index contributed by atoms with van der Waals surface area (Å²) in [6.45, 7) is 3.79. The molecule has 0 amide bonds. The number of carbonyl (C=O) groups is 1. The van der Waals surface area contributed by atoms with E-state index < -0.39 is 16.0 Å². The molecule has 0 saturated heterocycles. The largest absolute Gasteiger partial charge is 0.489 e. The molecule has 0 aliphatic heterocycles. The van der Waals surface area contributed by atoms with E-state index in [0.29, 0.717) is 0 Å². The zero-order valence-corrected chi connectivity index (χ0v) is 11.6. The van der Waals surface area contributed by atoms with Crippen molar-refractivity contribution in [1.82, 2.24) is 0 Å². The van der Waals surface area contributed by atoms with Crippen molar-refractivity contribution in [2.24, 2.45) is 5.14 Å². The highest BCUT2D eigenvalue weighted by atomic mass is 32.2. The number of carboxylic acids is 1. The highest BCUT2D eigenvalue weighted by molar-refractivity contribution is 7.89. The molecule has 1 rings (SSSR count). The minimum Gasteiger partial charge on any atom is -0.489 e. The molecule has 0 aliphatic rings. The smallest absolute Gasteiger partial charge is 0.335 e. The Hall–Kier alpha value is -1.60. The zero-order chi connectivity index (χ0) is 14.6. The van der Waals surface area contributed by atoms with Gasteiger partial charge in [-0.2, -0.15) is 0 Å². The number of nitrogens with two attached hydrogens (primary N) is 1. The molecule has 1 unspecified atom stereocenters. The van der Waals surface area contributed by atoms with Crippen molar-refractivity contribution < 1.29 is 23.1 Å². The third kappa shape index (κ3) is 4.22. The first-order valence-electron chi connectivity index (χ1n) is 5.82. The monoisotopic (exact) mass is 287 g/mol. The quantitative estimate of drug-likeness (QED) is 0.826. The standard InChI is InChI=1S/C12H17NO5S/c1-3-4-8(2)18-10-6-5-9(12(14)15)7-11(10)19(13,16)17/h5-8H,3-4H2,1-2H3,(H,14,15)(H2,13,16,17). The Balaban J connectivity index is 3.21. The first-order chi connectivity index (χ1) is 8.75. The Bertz CT molecular complexity index is 567. The van der Waals surface area contributed by atoms with Crippen molar-refractivity contribution in [2.45, 2.75) is 37.7 Å². The summed E-state index contributed by atoms with van der Waals surface area (Å²) in [5, 5.41) is 13.9. The van der Waals surface area contributed by atoms with Crippen LogP contribution < -0.4 is 9.88 Å². The maximum absolute atomic E-state index is 11.5. The lowest BCUT2D eigenvalue weighted by Crippen LogP contribution is -2.18. The van der Waals surface area contributed by atoms with Crippen molar-refractivity contribution in [3.05, 3.63) is 23.8 Å². The van der Waals surface area contributed by atoms with Gasteiger partial charge in [0.25, 0.3) is 0 Å². The molecule has 0 saturated carbocycles. The van der Waals surface area contributed by atoms with Crippen LogP contribution in [0.5, 0.6) is 5.75 Å². The Morgan fingerprint density at radius 3 is 2.58 bits per heavy atom. The van der Waals surface area contributed by atoms with Gasteiger partial charge in [-0.05, 0) is 31.5 Å². The molecule has 0 aliphatic carbocycles. The second-order valence-corrected chi connectivity index (χ2v) is 5.76. The normalized spacial score (nSPS) is 13.0. The lowest BCUT2D eigenvalue weighted by atomic mass is 10.2. The second kappa shape index (κ2) is 6.03. The van der Waals surface area contributed by atoms with E-state index in [2.05, 4.69) is 0 Å². The molecule has 0 bridgehead atoms. The van der Waals surface area contributed by atoms with Gasteiger partial charge in [0, 0.05) is 0 Å². The first-order valence-corrected chi connectivity index (χ1v) is 7.37. The summed E-state index contributed by atoms with van der Waals surface area (Å²) in [5.74, 6) is -1.15. The number of carboxylic acid groups (broad SMARTS) is 1. The highest BCUT2D eigenvalue weighted by Crippen LogP contribution is 2.26. The number of ether oxygens (including phenoxy) is 1. The number of sulfonamides is 1. The van der Waals surface area contributed by atoms with Crippen LogP contribution in [0.25, 0.3) is 0 Å². The van der Waals surface area contributed by atoms with Gasteiger partial charge in [0.05, 0.1) is 11.7 Å². The molecular formula is C12H17NO5S. The lowest BCUT2D eigenvalue weighted by Gasteiger charge is -2.16. The Labute approximate surface area is 112 Å². The average molecular weight is 287 g/mol. The van der Waals surface area contributed by atoms with E-state index in [9.17, 15) is 13.2 Å². The Morgan fingerprint density at radius 1 is 1.47 bits per heavy atom. The minimum absolute atomic E-state index is 0.0773. The number of hydrogen-bond acceptors (Lipinski definition) is 4. The number of rotatable bonds is 6. The summed E-state index contributed by atoms with van der Waals surface area (Å²) < 4.78 is 28.4. The third-order valence-electron chi connectivity index (χ3n) is 2.52. The van der Waals surface area contributed by atoms with Crippen molar-refractivity contribution in [1.29, 1.82) is 0 Å². The second-order valence-electron chi connectivity index (χ2n) is 4.23. The molecule has 6 nitrogen and oxygen atoms in total. The molecule has 0 radical (unpaired) electrons. The fourth-order valence-electron chi connectivity index (χ4n) is 1.64. The number of aromatic carboxylic acids is 1. The predicted octanol–water partition coefficient (Wildman–Crippen LogP) is 1.60. The molecule has 0 spiro atoms. The van der Waals surface area contributed by atoms with E-state index in [1.807, 2.05) is 13.8 Å². The van der Waals surface area contributed by atoms with E-state index in [4.69, 9.17) is 15.0 Å². The van der Waals surface area contributed by atoms with E-state index in [0.717, 1.165) is 18.9 Å². The van der Waals surface area contributed by atoms with Crippen LogP contribution in [0, 0.1) is 0 Å². The third-order valence-corrected chi connectivity index (χ3v) is 3.45. The summed E-state index contributed by atoms with van der Waals surface area (Å²) >= 11 is 0. The van der Waals surface area contributed by atoms with Gasteiger partial charge in [-0.25, -0.2) is 18.4 Å². The average Bonchev–Trinajstić information content (AvgIpc) is 2.27. The highest BCUT2D eigenvalue weighted by Gasteiger charge is 2.19. The van der Waals surface area contributed by atoms with Gasteiger partial charge < -0.3 is 9.84 Å². The topological polar surface area (TPSA) is 107 Å². The van der Waals surface area contributed by atoms with Crippen LogP contribution in [0.3, 0.4) is 0 Å². The van der Waals surface area contributed by atoms with Gasteiger partial charge in [0.2, 0.25) is 10.0 Å². The maximum Gasteiger partial charge on any atom is 0.335 e. The molecule has 1 aromatic rings. The predicted molar refractivity (Wildman–Crippen MR) is 69.8 cm³/mol. The lowest BCUT2D eigenvalue weighted by molar-refractivity contribution is 0.0696. The summed E-state index contributed by atoms with van der Waals surface area (Å²) in [6, 6.07) is 3.60. The van der Waals surface area contributed by atoms with Crippen LogP contribution in [0.15, 0.2) is 23.1 Å². The Kier molecular flexibility index (Phi) is 4.90. The first kappa shape index (κ1) is 15.5. The molecular weight excluding hydrogens is 270 g/mol. The van der Waals surface area contributed by atoms with Crippen LogP contribution in [0.2, 0.25) is 0 Å². The SMILES string of the molecule is CCCC(C)Oc1ccc(C(=O)O)cc1S(N)(=O)=O. The molecule has 106 valence electrons. The number of primary sulfonamides is 1. The van der Waals surface area contributed by atoms with Gasteiger partial charge >= 0.3 is 5.97 Å². The van der Waals surface area contributed by atoms with Crippen LogP contribution in [0.4, 0.5) is 0 Å². The zero-order valence-electron chi connectivity index (χ0n) is 10.8. The molecule has 7 heteroatoms. The molecule has 0 aromatic heterocycles. The maximum atomic E-state index is 11.5. The number of hydrogen-bond donors (Lipinski definition) is 2. The van der Waals surface area contributed by atoms with Crippen LogP contribution in [0.1, 0.15) is 37.0 Å². The van der Waals surface area contributed by atoms with Gasteiger partial charge in [-0.1, -0.05) is 13.3 Å². The molecule has 19 heavy (non-hydrogen) atoms. The van der Waals surface area contributed by atoms with Crippen molar-refractivity contribution in [2.75, 3.05) is 0 Å². The molecule has 3 N–H and O–H groups in total. The number of benzene rings is 1. The van der Waals surface area contributed by atoms with Gasteiger partial charge in [-0.3, -0.25) is 0 Å². The Morgan fingerprint density at radius 2 is 2.11 bits per heavy atom. The van der Waals surface area contributed by atoms with Gasteiger partial charge in [0.1, 0.15) is 10.6 Å². The van der Waals surface area contributed by atoms with Crippen LogP contribution in [-0.4, -0.2) is 25.6 Å². The summed E-state index contributed by atoms with van der Waals surface area (Å²) in [5.41, 5.74) is -0.153. The van der Waals surface area contributed by atoms with Crippen LogP contribution >= 0.6 is 0 Å². The van der Waals surface area contributed by atoms with Gasteiger partial charge in [0.15, 0.2) is 0 Å². The van der Waals surface area contributed by atoms with Crippen molar-refractivity contribution in [3.63, 3.8) is 0 Å². The van der Waals surface area contributed by atoms with Gasteiger partial charge in [-0.15, -0.1) is 0 Å². The van der Waals surface area contributed by atoms with Crippen molar-refractivity contribution in [3.8, 4) is 5.75 Å². The summed E-state index contributed by atoms with van der Waals surface area (Å²) in [4.78, 5) is 10.5. The van der Waals surface area contributed by atoms with Crippen LogP contribution in [-0.2, 0) is 10.0 Å². The molecule has 1 atom stereocenters. The molecule has 0 fully saturated rings. The minimum atomic E-state index is -4.04. The van der Waals surface area contributed by atoms with E-state index in [1.165, 1.54) is 12.1 Å². The fourth-order valence-corrected chi connectivity index (χ4v) is 2.33. The fraction of sp³-hybridized carbons (Fsp3) is 0.417. The van der Waals surface area contributed by atoms with E-state index >= 15 is 0 Å². The molecule has 1 aromatic carbocycles. The molecule has 0 heterocycles. The van der Waals surface area contributed by atoms with E-state index in [-0.39, 0.29) is 22.3 Å². The van der Waals surface area contributed by atoms with Crippen molar-refractivity contribution >= 4 is 16.0 Å².